The molecule has 1 fully saturated rings. The molecule has 1 aromatic rings. The first-order valence-electron chi connectivity index (χ1n) is 5.78. The van der Waals surface area contributed by atoms with Gasteiger partial charge < -0.3 is 0 Å². The smallest absolute Gasteiger partial charge is 0.258 e. The summed E-state index contributed by atoms with van der Waals surface area (Å²) in [5.41, 5.74) is 1.38. The maximum Gasteiger partial charge on any atom is 0.333 e. The Morgan fingerprint density at radius 3 is 2.65 bits per heavy atom. The third-order valence-corrected chi connectivity index (χ3v) is 3.61. The summed E-state index contributed by atoms with van der Waals surface area (Å²) in [6, 6.07) is 10.4. The number of benzene rings is 1. The van der Waals surface area contributed by atoms with Crippen LogP contribution in [0.15, 0.2) is 30.3 Å². The lowest BCUT2D eigenvalue weighted by Gasteiger charge is -2.01. The van der Waals surface area contributed by atoms with Crippen LogP contribution in [-0.4, -0.2) is 15.0 Å². The Morgan fingerprint density at radius 2 is 2.00 bits per heavy atom. The van der Waals surface area contributed by atoms with Gasteiger partial charge in [0, 0.05) is 0 Å². The predicted octanol–water partition coefficient (Wildman–Crippen LogP) is 1.79. The van der Waals surface area contributed by atoms with Crippen LogP contribution in [0.3, 0.4) is 0 Å². The van der Waals surface area contributed by atoms with Crippen molar-refractivity contribution in [3.05, 3.63) is 35.9 Å². The molecule has 0 spiro atoms. The first kappa shape index (κ1) is 12.5. The Labute approximate surface area is 102 Å². The number of rotatable bonds is 6. The van der Waals surface area contributed by atoms with Crippen molar-refractivity contribution < 1.29 is 12.6 Å². The minimum atomic E-state index is -3.77. The molecule has 2 atom stereocenters. The predicted molar refractivity (Wildman–Crippen MR) is 65.6 cm³/mol. The molecular weight excluding hydrogens is 238 g/mol. The summed E-state index contributed by atoms with van der Waals surface area (Å²) in [4.78, 5) is 0. The van der Waals surface area contributed by atoms with Gasteiger partial charge in [-0.1, -0.05) is 30.3 Å². The molecule has 0 heterocycles. The fraction of sp³-hybridized carbons (Fsp3) is 0.500. The number of hydrogen-bond donors (Lipinski definition) is 1. The van der Waals surface area contributed by atoms with Crippen molar-refractivity contribution in [2.45, 2.75) is 25.2 Å². The summed E-state index contributed by atoms with van der Waals surface area (Å²) in [6.07, 6.45) is 2.93. The van der Waals surface area contributed by atoms with Crippen molar-refractivity contribution in [1.82, 2.24) is 0 Å². The monoisotopic (exact) mass is 255 g/mol. The van der Waals surface area contributed by atoms with E-state index in [2.05, 4.69) is 28.4 Å². The van der Waals surface area contributed by atoms with Crippen molar-refractivity contribution in [1.29, 1.82) is 0 Å². The van der Waals surface area contributed by atoms with Crippen LogP contribution in [0.5, 0.6) is 0 Å². The largest absolute Gasteiger partial charge is 0.333 e. The van der Waals surface area contributed by atoms with Crippen LogP contribution >= 0.6 is 0 Å². The molecular formula is C12H17NO3S. The molecule has 1 aliphatic carbocycles. The van der Waals surface area contributed by atoms with Crippen LogP contribution in [0.25, 0.3) is 0 Å². The van der Waals surface area contributed by atoms with Crippen molar-refractivity contribution >= 4 is 10.3 Å². The zero-order valence-electron chi connectivity index (χ0n) is 9.58. The highest BCUT2D eigenvalue weighted by Crippen LogP contribution is 2.49. The van der Waals surface area contributed by atoms with E-state index in [4.69, 9.17) is 5.14 Å². The molecule has 0 aliphatic heterocycles. The molecule has 94 valence electrons. The van der Waals surface area contributed by atoms with Gasteiger partial charge in [0.1, 0.15) is 0 Å². The van der Waals surface area contributed by atoms with Gasteiger partial charge in [0.2, 0.25) is 0 Å². The Balaban J connectivity index is 1.67. The summed E-state index contributed by atoms with van der Waals surface area (Å²) < 4.78 is 25.6. The van der Waals surface area contributed by atoms with Crippen LogP contribution in [-0.2, 0) is 14.5 Å². The van der Waals surface area contributed by atoms with Gasteiger partial charge in [-0.3, -0.25) is 4.18 Å². The second kappa shape index (κ2) is 5.16. The Morgan fingerprint density at radius 1 is 1.29 bits per heavy atom. The van der Waals surface area contributed by atoms with Gasteiger partial charge in [0.05, 0.1) is 6.61 Å². The molecule has 0 aromatic heterocycles. The van der Waals surface area contributed by atoms with Crippen LogP contribution in [0.4, 0.5) is 0 Å². The topological polar surface area (TPSA) is 69.4 Å². The highest BCUT2D eigenvalue weighted by atomic mass is 32.2. The van der Waals surface area contributed by atoms with Crippen LogP contribution in [0.1, 0.15) is 30.7 Å². The lowest BCUT2D eigenvalue weighted by atomic mass is 10.1. The quantitative estimate of drug-likeness (QED) is 0.788. The van der Waals surface area contributed by atoms with E-state index in [1.54, 1.807) is 0 Å². The van der Waals surface area contributed by atoms with Gasteiger partial charge in [-0.25, -0.2) is 5.14 Å². The second-order valence-electron chi connectivity index (χ2n) is 4.47. The first-order valence-corrected chi connectivity index (χ1v) is 7.25. The summed E-state index contributed by atoms with van der Waals surface area (Å²) in [7, 11) is -3.77. The van der Waals surface area contributed by atoms with Crippen LogP contribution in [0.2, 0.25) is 0 Å². The maximum absolute atomic E-state index is 10.5. The lowest BCUT2D eigenvalue weighted by Crippen LogP contribution is -2.16. The second-order valence-corrected chi connectivity index (χ2v) is 5.69. The molecule has 2 rings (SSSR count). The summed E-state index contributed by atoms with van der Waals surface area (Å²) in [6.45, 7) is 0.191. The van der Waals surface area contributed by atoms with Crippen molar-refractivity contribution in [2.24, 2.45) is 11.1 Å². The molecule has 4 nitrogen and oxygen atoms in total. The first-order chi connectivity index (χ1) is 8.06. The van der Waals surface area contributed by atoms with E-state index in [0.29, 0.717) is 11.8 Å². The van der Waals surface area contributed by atoms with E-state index in [1.165, 1.54) is 12.0 Å². The molecule has 0 radical (unpaired) electrons. The molecule has 5 heteroatoms. The van der Waals surface area contributed by atoms with Crippen LogP contribution in [0, 0.1) is 5.92 Å². The summed E-state index contributed by atoms with van der Waals surface area (Å²) in [5, 5.41) is 4.74. The molecule has 0 unspecified atom stereocenters. The minimum absolute atomic E-state index is 0.191. The van der Waals surface area contributed by atoms with E-state index < -0.39 is 10.3 Å². The fourth-order valence-corrected chi connectivity index (χ4v) is 2.55. The van der Waals surface area contributed by atoms with E-state index in [1.807, 2.05) is 6.07 Å². The van der Waals surface area contributed by atoms with Crippen molar-refractivity contribution in [2.75, 3.05) is 6.61 Å². The fourth-order valence-electron chi connectivity index (χ4n) is 2.20. The molecule has 0 saturated heterocycles. The maximum atomic E-state index is 10.5. The number of hydrogen-bond acceptors (Lipinski definition) is 3. The van der Waals surface area contributed by atoms with Crippen LogP contribution < -0.4 is 5.14 Å². The average molecular weight is 255 g/mol. The van der Waals surface area contributed by atoms with Gasteiger partial charge in [0.15, 0.2) is 0 Å². The zero-order valence-corrected chi connectivity index (χ0v) is 10.4. The van der Waals surface area contributed by atoms with E-state index in [-0.39, 0.29) is 6.61 Å². The highest BCUT2D eigenvalue weighted by molar-refractivity contribution is 7.84. The molecule has 1 saturated carbocycles. The Hall–Kier alpha value is -0.910. The molecule has 0 bridgehead atoms. The standard InChI is InChI=1S/C12H17NO3S/c13-17(14,15)16-8-4-7-11-9-12(11)10-5-2-1-3-6-10/h1-3,5-6,11-12H,4,7-9H2,(H2,13,14,15)/t11-,12+/m0/s1. The number of nitrogens with two attached hydrogens (primary N) is 1. The molecule has 2 N–H and O–H groups in total. The van der Waals surface area contributed by atoms with Gasteiger partial charge >= 0.3 is 10.3 Å². The van der Waals surface area contributed by atoms with Crippen molar-refractivity contribution in [3.8, 4) is 0 Å². The zero-order chi connectivity index (χ0) is 12.3. The van der Waals surface area contributed by atoms with Gasteiger partial charge in [0.25, 0.3) is 0 Å². The van der Waals surface area contributed by atoms with E-state index in [9.17, 15) is 8.42 Å². The summed E-state index contributed by atoms with van der Waals surface area (Å²) in [5.74, 6) is 1.31. The normalized spacial score (nSPS) is 23.6. The minimum Gasteiger partial charge on any atom is -0.258 e. The summed E-state index contributed by atoms with van der Waals surface area (Å²) >= 11 is 0. The van der Waals surface area contributed by atoms with E-state index in [0.717, 1.165) is 12.8 Å². The third kappa shape index (κ3) is 4.11. The van der Waals surface area contributed by atoms with Gasteiger partial charge in [-0.05, 0) is 36.7 Å². The third-order valence-electron chi connectivity index (χ3n) is 3.12. The lowest BCUT2D eigenvalue weighted by molar-refractivity contribution is 0.305. The van der Waals surface area contributed by atoms with Crippen molar-refractivity contribution in [3.63, 3.8) is 0 Å². The van der Waals surface area contributed by atoms with E-state index >= 15 is 0 Å². The van der Waals surface area contributed by atoms with Gasteiger partial charge in [-0.15, -0.1) is 0 Å². The SMILES string of the molecule is NS(=O)(=O)OCCC[C@H]1C[C@@H]1c1ccccc1. The molecule has 0 amide bonds. The van der Waals surface area contributed by atoms with Gasteiger partial charge in [-0.2, -0.15) is 8.42 Å². The molecule has 1 aromatic carbocycles. The average Bonchev–Trinajstić information content (AvgIpc) is 3.04. The highest BCUT2D eigenvalue weighted by Gasteiger charge is 2.37. The molecule has 17 heavy (non-hydrogen) atoms. The Kier molecular flexibility index (Phi) is 3.81. The molecule has 1 aliphatic rings. The Bertz CT molecular complexity index is 458.